The van der Waals surface area contributed by atoms with Crippen LogP contribution in [0, 0.1) is 0 Å². The number of aryl methyl sites for hydroxylation is 2. The van der Waals surface area contributed by atoms with E-state index in [4.69, 9.17) is 0 Å². The number of rotatable bonds is 13. The SMILES string of the molecule is CCCCCCCCCCCC[n+]1cccc(CCC)c1.[Cl-]. The molecular weight excluding hydrogens is 290 g/mol. The smallest absolute Gasteiger partial charge is 0.171 e. The molecule has 0 aliphatic heterocycles. The fourth-order valence-corrected chi connectivity index (χ4v) is 2.93. The molecule has 0 atom stereocenters. The van der Waals surface area contributed by atoms with Crippen LogP contribution >= 0.6 is 0 Å². The Balaban J connectivity index is 0.00000441. The summed E-state index contributed by atoms with van der Waals surface area (Å²) in [6.07, 6.45) is 21.1. The van der Waals surface area contributed by atoms with Gasteiger partial charge < -0.3 is 12.4 Å². The van der Waals surface area contributed by atoms with Crippen LogP contribution in [0.2, 0.25) is 0 Å². The molecule has 0 unspecified atom stereocenters. The Bertz CT molecular complexity index is 351. The van der Waals surface area contributed by atoms with Crippen LogP contribution < -0.4 is 17.0 Å². The van der Waals surface area contributed by atoms with Gasteiger partial charge in [-0.1, -0.05) is 71.6 Å². The third kappa shape index (κ3) is 11.1. The molecule has 2 heteroatoms. The summed E-state index contributed by atoms with van der Waals surface area (Å²) in [6, 6.07) is 4.44. The number of hydrogen-bond donors (Lipinski definition) is 0. The lowest BCUT2D eigenvalue weighted by Crippen LogP contribution is -3.00. The Morgan fingerprint density at radius 2 is 1.36 bits per heavy atom. The predicted octanol–water partition coefficient (Wildman–Crippen LogP) is 2.85. The lowest BCUT2D eigenvalue weighted by Gasteiger charge is -2.02. The summed E-state index contributed by atoms with van der Waals surface area (Å²) in [6.45, 7) is 5.73. The number of halogens is 1. The maximum Gasteiger partial charge on any atom is 0.171 e. The van der Waals surface area contributed by atoms with Gasteiger partial charge in [-0.3, -0.25) is 0 Å². The predicted molar refractivity (Wildman–Crippen MR) is 92.5 cm³/mol. The first-order valence-corrected chi connectivity index (χ1v) is 9.34. The van der Waals surface area contributed by atoms with Gasteiger partial charge in [0, 0.05) is 18.1 Å². The number of aromatic nitrogens is 1. The van der Waals surface area contributed by atoms with Gasteiger partial charge in [0.15, 0.2) is 12.4 Å². The highest BCUT2D eigenvalue weighted by molar-refractivity contribution is 5.04. The van der Waals surface area contributed by atoms with Crippen molar-refractivity contribution < 1.29 is 17.0 Å². The summed E-state index contributed by atoms with van der Waals surface area (Å²) >= 11 is 0. The van der Waals surface area contributed by atoms with Crippen molar-refractivity contribution in [3.8, 4) is 0 Å². The molecule has 0 aromatic carbocycles. The Hall–Kier alpha value is -0.560. The lowest BCUT2D eigenvalue weighted by molar-refractivity contribution is -0.697. The first-order chi connectivity index (χ1) is 10.4. The van der Waals surface area contributed by atoms with Crippen LogP contribution in [-0.2, 0) is 13.0 Å². The van der Waals surface area contributed by atoms with E-state index in [2.05, 4.69) is 42.9 Å². The highest BCUT2D eigenvalue weighted by Gasteiger charge is 2.02. The zero-order valence-corrected chi connectivity index (χ0v) is 15.6. The molecule has 1 aromatic rings. The quantitative estimate of drug-likeness (QED) is 0.388. The van der Waals surface area contributed by atoms with Gasteiger partial charge in [-0.15, -0.1) is 0 Å². The third-order valence-corrected chi connectivity index (χ3v) is 4.23. The Morgan fingerprint density at radius 1 is 0.773 bits per heavy atom. The fourth-order valence-electron chi connectivity index (χ4n) is 2.93. The van der Waals surface area contributed by atoms with Crippen molar-refractivity contribution in [2.24, 2.45) is 0 Å². The normalized spacial score (nSPS) is 10.5. The zero-order chi connectivity index (χ0) is 15.2. The minimum absolute atomic E-state index is 0. The van der Waals surface area contributed by atoms with Crippen molar-refractivity contribution in [1.82, 2.24) is 0 Å². The van der Waals surface area contributed by atoms with Gasteiger partial charge in [0.05, 0.1) is 0 Å². The van der Waals surface area contributed by atoms with Gasteiger partial charge in [-0.05, 0) is 18.9 Å². The molecule has 0 radical (unpaired) electrons. The molecule has 0 saturated carbocycles. The van der Waals surface area contributed by atoms with E-state index in [1.165, 1.54) is 89.2 Å². The van der Waals surface area contributed by atoms with Crippen LogP contribution in [0.3, 0.4) is 0 Å². The number of hydrogen-bond acceptors (Lipinski definition) is 0. The van der Waals surface area contributed by atoms with Crippen molar-refractivity contribution in [3.05, 3.63) is 30.1 Å². The van der Waals surface area contributed by atoms with E-state index in [1.54, 1.807) is 0 Å². The molecule has 0 aliphatic carbocycles. The van der Waals surface area contributed by atoms with E-state index in [0.717, 1.165) is 0 Å². The molecule has 0 bridgehead atoms. The maximum atomic E-state index is 2.37. The molecule has 1 aromatic heterocycles. The molecule has 0 fully saturated rings. The van der Waals surface area contributed by atoms with Crippen LogP contribution in [0.15, 0.2) is 24.5 Å². The van der Waals surface area contributed by atoms with Crippen molar-refractivity contribution in [1.29, 1.82) is 0 Å². The molecule has 128 valence electrons. The second kappa shape index (κ2) is 15.3. The first kappa shape index (κ1) is 21.4. The van der Waals surface area contributed by atoms with E-state index in [0.29, 0.717) is 0 Å². The maximum absolute atomic E-state index is 2.37. The Morgan fingerprint density at radius 3 is 1.95 bits per heavy atom. The third-order valence-electron chi connectivity index (χ3n) is 4.23. The van der Waals surface area contributed by atoms with Crippen LogP contribution in [-0.4, -0.2) is 0 Å². The summed E-state index contributed by atoms with van der Waals surface area (Å²) < 4.78 is 2.37. The molecule has 0 aliphatic rings. The Kier molecular flexibility index (Phi) is 14.9. The summed E-state index contributed by atoms with van der Waals surface area (Å²) in [5.41, 5.74) is 1.48. The van der Waals surface area contributed by atoms with Gasteiger partial charge in [0.2, 0.25) is 0 Å². The highest BCUT2D eigenvalue weighted by atomic mass is 35.5. The van der Waals surface area contributed by atoms with Crippen LogP contribution in [0.25, 0.3) is 0 Å². The lowest BCUT2D eigenvalue weighted by atomic mass is 10.1. The summed E-state index contributed by atoms with van der Waals surface area (Å²) in [4.78, 5) is 0. The molecular formula is C20H36ClN. The van der Waals surface area contributed by atoms with E-state index < -0.39 is 0 Å². The monoisotopic (exact) mass is 325 g/mol. The highest BCUT2D eigenvalue weighted by Crippen LogP contribution is 2.10. The topological polar surface area (TPSA) is 3.88 Å². The summed E-state index contributed by atoms with van der Waals surface area (Å²) in [7, 11) is 0. The molecule has 0 spiro atoms. The molecule has 1 rings (SSSR count). The van der Waals surface area contributed by atoms with E-state index in [1.807, 2.05) is 0 Å². The molecule has 0 N–H and O–H groups in total. The van der Waals surface area contributed by atoms with Crippen molar-refractivity contribution >= 4 is 0 Å². The Labute approximate surface area is 144 Å². The van der Waals surface area contributed by atoms with Crippen molar-refractivity contribution in [2.45, 2.75) is 97.4 Å². The van der Waals surface area contributed by atoms with Gasteiger partial charge in [0.1, 0.15) is 6.54 Å². The fraction of sp³-hybridized carbons (Fsp3) is 0.750. The summed E-state index contributed by atoms with van der Waals surface area (Å²) in [5, 5.41) is 0. The minimum Gasteiger partial charge on any atom is -1.00 e. The van der Waals surface area contributed by atoms with E-state index >= 15 is 0 Å². The molecule has 0 saturated heterocycles. The van der Waals surface area contributed by atoms with E-state index in [-0.39, 0.29) is 12.4 Å². The molecule has 0 amide bonds. The first-order valence-electron chi connectivity index (χ1n) is 9.34. The largest absolute Gasteiger partial charge is 1.00 e. The average molecular weight is 326 g/mol. The second-order valence-corrected chi connectivity index (χ2v) is 6.38. The number of nitrogens with zero attached hydrogens (tertiary/aromatic N) is 1. The van der Waals surface area contributed by atoms with Crippen LogP contribution in [0.4, 0.5) is 0 Å². The minimum atomic E-state index is 0. The van der Waals surface area contributed by atoms with Gasteiger partial charge >= 0.3 is 0 Å². The van der Waals surface area contributed by atoms with Crippen molar-refractivity contribution in [3.63, 3.8) is 0 Å². The molecule has 1 nitrogen and oxygen atoms in total. The molecule has 1 heterocycles. The standard InChI is InChI=1S/C20H36N.ClH/c1-3-5-6-7-8-9-10-11-12-13-17-21-18-14-16-20(19-21)15-4-2;/h14,16,18-19H,3-13,15,17H2,1-2H3;1H/q+1;/p-1. The average Bonchev–Trinajstić information content (AvgIpc) is 2.50. The zero-order valence-electron chi connectivity index (χ0n) is 14.8. The number of unbranched alkanes of at least 4 members (excludes halogenated alkanes) is 9. The van der Waals surface area contributed by atoms with Crippen molar-refractivity contribution in [2.75, 3.05) is 0 Å². The summed E-state index contributed by atoms with van der Waals surface area (Å²) in [5.74, 6) is 0. The van der Waals surface area contributed by atoms with Gasteiger partial charge in [-0.2, -0.15) is 0 Å². The van der Waals surface area contributed by atoms with E-state index in [9.17, 15) is 0 Å². The second-order valence-electron chi connectivity index (χ2n) is 6.38. The number of pyridine rings is 1. The van der Waals surface area contributed by atoms with Crippen LogP contribution in [0.1, 0.15) is 90.0 Å². The molecule has 22 heavy (non-hydrogen) atoms. The van der Waals surface area contributed by atoms with Gasteiger partial charge in [-0.25, -0.2) is 4.57 Å². The van der Waals surface area contributed by atoms with Crippen LogP contribution in [0.5, 0.6) is 0 Å². The van der Waals surface area contributed by atoms with Gasteiger partial charge in [0.25, 0.3) is 0 Å².